The minimum absolute atomic E-state index is 0.0723. The minimum atomic E-state index is -0.263. The van der Waals surface area contributed by atoms with E-state index in [9.17, 15) is 9.59 Å². The van der Waals surface area contributed by atoms with Crippen molar-refractivity contribution in [1.29, 1.82) is 0 Å². The molecule has 1 heterocycles. The van der Waals surface area contributed by atoms with Crippen molar-refractivity contribution in [1.82, 2.24) is 10.3 Å². The molecule has 2 amide bonds. The number of nitrogens with zero attached hydrogens (tertiary/aromatic N) is 2. The van der Waals surface area contributed by atoms with E-state index in [1.54, 1.807) is 23.1 Å². The van der Waals surface area contributed by atoms with Crippen molar-refractivity contribution in [3.8, 4) is 11.5 Å². The number of benzene rings is 2. The number of nitrogens with one attached hydrogen (secondary N) is 2. The van der Waals surface area contributed by atoms with E-state index in [4.69, 9.17) is 14.2 Å². The molecule has 3 rings (SSSR count). The lowest BCUT2D eigenvalue weighted by atomic mass is 10.1. The Bertz CT molecular complexity index is 1020. The number of anilines is 1. The van der Waals surface area contributed by atoms with Gasteiger partial charge in [-0.25, -0.2) is 5.43 Å². The van der Waals surface area contributed by atoms with Crippen LogP contribution in [0.1, 0.15) is 23.6 Å². The van der Waals surface area contributed by atoms with Gasteiger partial charge in [0.15, 0.2) is 18.1 Å². The fraction of sp³-hybridized carbons (Fsp3) is 0.400. The van der Waals surface area contributed by atoms with Gasteiger partial charge in [0.05, 0.1) is 32.6 Å². The second-order valence-corrected chi connectivity index (χ2v) is 7.87. The number of ether oxygens (including phenoxy) is 3. The van der Waals surface area contributed by atoms with Gasteiger partial charge < -0.3 is 24.4 Å². The topological polar surface area (TPSA) is 101 Å². The first-order valence-electron chi connectivity index (χ1n) is 11.3. The molecular weight excluding hydrogens is 436 g/mol. The Morgan fingerprint density at radius 1 is 1.06 bits per heavy atom. The van der Waals surface area contributed by atoms with E-state index < -0.39 is 0 Å². The number of carbonyl (C=O) groups excluding carboxylic acids is 2. The smallest absolute Gasteiger partial charge is 0.260 e. The van der Waals surface area contributed by atoms with Gasteiger partial charge in [0, 0.05) is 18.8 Å². The molecule has 9 nitrogen and oxygen atoms in total. The number of hydrazone groups is 1. The van der Waals surface area contributed by atoms with Crippen LogP contribution < -0.4 is 20.2 Å². The molecule has 34 heavy (non-hydrogen) atoms. The van der Waals surface area contributed by atoms with Crippen molar-refractivity contribution in [2.45, 2.75) is 20.8 Å². The summed E-state index contributed by atoms with van der Waals surface area (Å²) in [5, 5.41) is 7.10. The third-order valence-electron chi connectivity index (χ3n) is 5.35. The van der Waals surface area contributed by atoms with Crippen LogP contribution in [0.5, 0.6) is 11.5 Å². The molecule has 0 radical (unpaired) electrons. The van der Waals surface area contributed by atoms with Crippen LogP contribution in [0, 0.1) is 13.8 Å². The molecule has 0 aliphatic carbocycles. The van der Waals surface area contributed by atoms with Gasteiger partial charge in [0.2, 0.25) is 0 Å². The fourth-order valence-electron chi connectivity index (χ4n) is 3.29. The Labute approximate surface area is 200 Å². The van der Waals surface area contributed by atoms with Crippen LogP contribution in [0.3, 0.4) is 0 Å². The first kappa shape index (κ1) is 25.0. The predicted molar refractivity (Wildman–Crippen MR) is 131 cm³/mol. The summed E-state index contributed by atoms with van der Waals surface area (Å²) in [6.07, 6.45) is 1.53. The van der Waals surface area contributed by atoms with Crippen molar-refractivity contribution in [2.24, 2.45) is 5.10 Å². The maximum atomic E-state index is 12.3. The fourth-order valence-corrected chi connectivity index (χ4v) is 3.29. The van der Waals surface area contributed by atoms with Crippen molar-refractivity contribution < 1.29 is 23.8 Å². The predicted octanol–water partition coefficient (Wildman–Crippen LogP) is 2.50. The second-order valence-electron chi connectivity index (χ2n) is 7.87. The Morgan fingerprint density at radius 2 is 1.85 bits per heavy atom. The summed E-state index contributed by atoms with van der Waals surface area (Å²) in [5.41, 5.74) is 6.47. The summed E-state index contributed by atoms with van der Waals surface area (Å²) >= 11 is 0. The first-order valence-corrected chi connectivity index (χ1v) is 11.3. The van der Waals surface area contributed by atoms with Crippen molar-refractivity contribution >= 4 is 23.7 Å². The van der Waals surface area contributed by atoms with E-state index >= 15 is 0 Å². The SMILES string of the molecule is CCOc1cc(/C=N\NC(=O)CNc2ccc(C)c(C)c2)ccc1OCC(=O)N1CCOCC1. The average Bonchev–Trinajstić information content (AvgIpc) is 2.85. The van der Waals surface area contributed by atoms with Crippen LogP contribution in [-0.2, 0) is 14.3 Å². The lowest BCUT2D eigenvalue weighted by Crippen LogP contribution is -2.43. The molecule has 0 unspecified atom stereocenters. The molecule has 0 bridgehead atoms. The van der Waals surface area contributed by atoms with Gasteiger partial charge in [0.25, 0.3) is 11.8 Å². The van der Waals surface area contributed by atoms with Gasteiger partial charge in [-0.3, -0.25) is 9.59 Å². The number of rotatable bonds is 10. The van der Waals surface area contributed by atoms with E-state index in [1.165, 1.54) is 11.8 Å². The molecule has 2 N–H and O–H groups in total. The van der Waals surface area contributed by atoms with Gasteiger partial charge in [-0.15, -0.1) is 0 Å². The van der Waals surface area contributed by atoms with Gasteiger partial charge >= 0.3 is 0 Å². The monoisotopic (exact) mass is 468 g/mol. The minimum Gasteiger partial charge on any atom is -0.490 e. The molecule has 1 saturated heterocycles. The highest BCUT2D eigenvalue weighted by atomic mass is 16.5. The largest absolute Gasteiger partial charge is 0.490 e. The molecule has 1 aliphatic rings. The molecule has 0 spiro atoms. The molecule has 1 aliphatic heterocycles. The van der Waals surface area contributed by atoms with Crippen LogP contribution in [-0.4, -0.2) is 69.0 Å². The van der Waals surface area contributed by atoms with E-state index in [0.29, 0.717) is 44.4 Å². The van der Waals surface area contributed by atoms with Gasteiger partial charge in [-0.05, 0) is 67.8 Å². The maximum Gasteiger partial charge on any atom is 0.260 e. The lowest BCUT2D eigenvalue weighted by Gasteiger charge is -2.26. The number of hydrogen-bond acceptors (Lipinski definition) is 7. The number of aryl methyl sites for hydroxylation is 2. The number of amides is 2. The standard InChI is InChI=1S/C25H32N4O5/c1-4-33-23-14-20(6-8-22(23)34-17-25(31)29-9-11-32-12-10-29)15-27-28-24(30)16-26-21-7-5-18(2)19(3)13-21/h5-8,13-15,26H,4,9-12,16-17H2,1-3H3,(H,28,30)/b27-15-. The number of morpholine rings is 1. The van der Waals surface area contributed by atoms with E-state index in [-0.39, 0.29) is 25.0 Å². The van der Waals surface area contributed by atoms with Crippen LogP contribution in [0.2, 0.25) is 0 Å². The molecule has 0 aromatic heterocycles. The zero-order valence-electron chi connectivity index (χ0n) is 19.9. The number of carbonyl (C=O) groups is 2. The molecule has 1 fully saturated rings. The number of hydrogen-bond donors (Lipinski definition) is 2. The molecule has 0 atom stereocenters. The van der Waals surface area contributed by atoms with Gasteiger partial charge in [-0.2, -0.15) is 5.10 Å². The van der Waals surface area contributed by atoms with Gasteiger partial charge in [-0.1, -0.05) is 6.07 Å². The summed E-state index contributed by atoms with van der Waals surface area (Å²) in [5.74, 6) is 0.626. The average molecular weight is 469 g/mol. The third kappa shape index (κ3) is 7.48. The third-order valence-corrected chi connectivity index (χ3v) is 5.35. The van der Waals surface area contributed by atoms with Gasteiger partial charge in [0.1, 0.15) is 0 Å². The zero-order chi connectivity index (χ0) is 24.3. The first-order chi connectivity index (χ1) is 16.5. The highest BCUT2D eigenvalue weighted by molar-refractivity contribution is 5.85. The maximum absolute atomic E-state index is 12.3. The molecule has 182 valence electrons. The van der Waals surface area contributed by atoms with Crippen molar-refractivity contribution in [2.75, 3.05) is 51.4 Å². The van der Waals surface area contributed by atoms with Crippen LogP contribution in [0.4, 0.5) is 5.69 Å². The quantitative estimate of drug-likeness (QED) is 0.410. The highest BCUT2D eigenvalue weighted by Crippen LogP contribution is 2.28. The summed E-state index contributed by atoms with van der Waals surface area (Å²) in [6, 6.07) is 11.2. The summed E-state index contributed by atoms with van der Waals surface area (Å²) in [6.45, 7) is 8.64. The van der Waals surface area contributed by atoms with Crippen LogP contribution >= 0.6 is 0 Å². The van der Waals surface area contributed by atoms with E-state index in [2.05, 4.69) is 15.8 Å². The lowest BCUT2D eigenvalue weighted by molar-refractivity contribution is -0.137. The van der Waals surface area contributed by atoms with Crippen molar-refractivity contribution in [3.63, 3.8) is 0 Å². The second kappa shape index (κ2) is 12.6. The van der Waals surface area contributed by atoms with E-state index in [0.717, 1.165) is 16.8 Å². The summed E-state index contributed by atoms with van der Waals surface area (Å²) in [4.78, 5) is 26.1. The Morgan fingerprint density at radius 3 is 2.59 bits per heavy atom. The molecule has 9 heteroatoms. The van der Waals surface area contributed by atoms with E-state index in [1.807, 2.05) is 39.0 Å². The summed E-state index contributed by atoms with van der Waals surface area (Å²) in [7, 11) is 0. The Hall–Kier alpha value is -3.59. The van der Waals surface area contributed by atoms with Crippen molar-refractivity contribution in [3.05, 3.63) is 53.1 Å². The molecular formula is C25H32N4O5. The molecule has 2 aromatic carbocycles. The molecule has 2 aromatic rings. The Kier molecular flexibility index (Phi) is 9.28. The Balaban J connectivity index is 1.51. The zero-order valence-corrected chi connectivity index (χ0v) is 19.9. The van der Waals surface area contributed by atoms with Crippen LogP contribution in [0.15, 0.2) is 41.5 Å². The molecule has 0 saturated carbocycles. The normalized spacial score (nSPS) is 13.6. The summed E-state index contributed by atoms with van der Waals surface area (Å²) < 4.78 is 16.6. The highest BCUT2D eigenvalue weighted by Gasteiger charge is 2.18. The van der Waals surface area contributed by atoms with Crippen LogP contribution in [0.25, 0.3) is 0 Å².